The third kappa shape index (κ3) is 6.77. The summed E-state index contributed by atoms with van der Waals surface area (Å²) in [5.74, 6) is 0.149. The summed E-state index contributed by atoms with van der Waals surface area (Å²) in [5.41, 5.74) is 3.40. The maximum Gasteiger partial charge on any atom is 0.220 e. The van der Waals surface area contributed by atoms with Crippen LogP contribution in [-0.4, -0.2) is 11.9 Å². The lowest BCUT2D eigenvalue weighted by molar-refractivity contribution is -0.121. The fraction of sp³-hybridized carbons (Fsp3) is 0.240. The van der Waals surface area contributed by atoms with Crippen LogP contribution < -0.4 is 5.32 Å². The molecule has 0 unspecified atom stereocenters. The number of rotatable bonds is 8. The Balaban J connectivity index is 1.68. The first-order valence-electron chi connectivity index (χ1n) is 9.94. The van der Waals surface area contributed by atoms with Crippen LogP contribution in [0, 0.1) is 0 Å². The molecule has 3 aromatic carbocycles. The summed E-state index contributed by atoms with van der Waals surface area (Å²) in [4.78, 5) is 12.6. The molecule has 0 aliphatic carbocycles. The fourth-order valence-electron chi connectivity index (χ4n) is 3.50. The van der Waals surface area contributed by atoms with Gasteiger partial charge in [0.2, 0.25) is 5.91 Å². The van der Waals surface area contributed by atoms with Gasteiger partial charge in [-0.15, -0.1) is 0 Å². The van der Waals surface area contributed by atoms with Gasteiger partial charge in [0.05, 0.1) is 0 Å². The van der Waals surface area contributed by atoms with E-state index in [1.807, 2.05) is 72.8 Å². The number of amides is 1. The summed E-state index contributed by atoms with van der Waals surface area (Å²) >= 11 is 18.0. The van der Waals surface area contributed by atoms with E-state index in [0.717, 1.165) is 17.5 Å². The Kier molecular flexibility index (Phi) is 8.21. The number of aryl methyl sites for hydroxylation is 1. The predicted octanol–water partition coefficient (Wildman–Crippen LogP) is 7.11. The Morgan fingerprint density at radius 3 is 1.77 bits per heavy atom. The topological polar surface area (TPSA) is 29.1 Å². The van der Waals surface area contributed by atoms with Crippen LogP contribution in [0.5, 0.6) is 0 Å². The first-order valence-corrected chi connectivity index (χ1v) is 11.1. The number of hydrogen-bond donors (Lipinski definition) is 1. The van der Waals surface area contributed by atoms with Gasteiger partial charge in [-0.25, -0.2) is 0 Å². The maximum absolute atomic E-state index is 12.6. The van der Waals surface area contributed by atoms with Crippen molar-refractivity contribution in [2.45, 2.75) is 38.1 Å². The van der Waals surface area contributed by atoms with Gasteiger partial charge in [0.15, 0.2) is 0 Å². The zero-order chi connectivity index (χ0) is 21.5. The quantitative estimate of drug-likeness (QED) is 0.381. The molecule has 5 heteroatoms. The first kappa shape index (κ1) is 22.7. The van der Waals surface area contributed by atoms with E-state index in [1.54, 1.807) is 0 Å². The Labute approximate surface area is 193 Å². The number of nitrogens with one attached hydrogen (secondary N) is 1. The minimum absolute atomic E-state index is 0.0347. The van der Waals surface area contributed by atoms with Crippen molar-refractivity contribution in [1.82, 2.24) is 5.32 Å². The SMILES string of the molecule is C[C@@H](NC(=O)CCc1ccc(Cl)cc1)[C@H](Cc1ccc(Cl)cc1)c1ccc(Cl)cc1. The number of hydrogen-bond acceptors (Lipinski definition) is 1. The minimum atomic E-state index is -0.0421. The number of halogens is 3. The average Bonchev–Trinajstić information content (AvgIpc) is 2.73. The van der Waals surface area contributed by atoms with Crippen molar-refractivity contribution in [2.75, 3.05) is 0 Å². The number of carbonyl (C=O) groups is 1. The fourth-order valence-corrected chi connectivity index (χ4v) is 3.88. The van der Waals surface area contributed by atoms with Crippen LogP contribution in [0.3, 0.4) is 0 Å². The van der Waals surface area contributed by atoms with E-state index >= 15 is 0 Å². The third-order valence-corrected chi connectivity index (χ3v) is 5.97. The molecule has 0 spiro atoms. The van der Waals surface area contributed by atoms with Crippen molar-refractivity contribution in [2.24, 2.45) is 0 Å². The van der Waals surface area contributed by atoms with E-state index in [4.69, 9.17) is 34.8 Å². The molecule has 0 saturated carbocycles. The molecule has 0 radical (unpaired) electrons. The van der Waals surface area contributed by atoms with Crippen molar-refractivity contribution in [1.29, 1.82) is 0 Å². The smallest absolute Gasteiger partial charge is 0.220 e. The summed E-state index contributed by atoms with van der Waals surface area (Å²) in [6.07, 6.45) is 1.90. The summed E-state index contributed by atoms with van der Waals surface area (Å²) in [5, 5.41) is 5.29. The van der Waals surface area contributed by atoms with Crippen LogP contribution in [0.2, 0.25) is 15.1 Å². The second-order valence-electron chi connectivity index (χ2n) is 7.47. The second-order valence-corrected chi connectivity index (χ2v) is 8.78. The van der Waals surface area contributed by atoms with E-state index in [9.17, 15) is 4.79 Å². The standard InChI is InChI=1S/C25H24Cl3NO/c1-17(29-25(30)15-6-18-2-9-21(26)10-3-18)24(20-7-13-23(28)14-8-20)16-19-4-11-22(27)12-5-19/h2-5,7-14,17,24H,6,15-16H2,1H3,(H,29,30)/t17-,24+/m1/s1. The third-order valence-electron chi connectivity index (χ3n) is 5.21. The molecule has 0 aromatic heterocycles. The Hall–Kier alpha value is -2.00. The summed E-state index contributed by atoms with van der Waals surface area (Å²) in [7, 11) is 0. The van der Waals surface area contributed by atoms with Gasteiger partial charge in [0.1, 0.15) is 0 Å². The molecule has 2 nitrogen and oxygen atoms in total. The molecular formula is C25H24Cl3NO. The van der Waals surface area contributed by atoms with Crippen LogP contribution >= 0.6 is 34.8 Å². The second kappa shape index (κ2) is 10.9. The summed E-state index contributed by atoms with van der Waals surface area (Å²) in [6.45, 7) is 2.05. The molecule has 0 aliphatic heterocycles. The van der Waals surface area contributed by atoms with Gasteiger partial charge in [-0.3, -0.25) is 4.79 Å². The summed E-state index contributed by atoms with van der Waals surface area (Å²) < 4.78 is 0. The lowest BCUT2D eigenvalue weighted by atomic mass is 9.86. The maximum atomic E-state index is 12.6. The number of benzene rings is 3. The van der Waals surface area contributed by atoms with E-state index in [-0.39, 0.29) is 17.9 Å². The molecule has 0 saturated heterocycles. The molecular weight excluding hydrogens is 437 g/mol. The molecule has 156 valence electrons. The highest BCUT2D eigenvalue weighted by Gasteiger charge is 2.21. The molecule has 1 N–H and O–H groups in total. The highest BCUT2D eigenvalue weighted by Crippen LogP contribution is 2.27. The lowest BCUT2D eigenvalue weighted by Crippen LogP contribution is -2.38. The van der Waals surface area contributed by atoms with Gasteiger partial charge in [-0.2, -0.15) is 0 Å². The highest BCUT2D eigenvalue weighted by molar-refractivity contribution is 6.31. The molecule has 2 atom stereocenters. The highest BCUT2D eigenvalue weighted by atomic mass is 35.5. The van der Waals surface area contributed by atoms with E-state index in [0.29, 0.717) is 27.9 Å². The van der Waals surface area contributed by atoms with Gasteiger partial charge >= 0.3 is 0 Å². The van der Waals surface area contributed by atoms with Crippen LogP contribution in [0.1, 0.15) is 36.0 Å². The van der Waals surface area contributed by atoms with Crippen molar-refractivity contribution in [3.8, 4) is 0 Å². The molecule has 0 bridgehead atoms. The predicted molar refractivity (Wildman–Crippen MR) is 127 cm³/mol. The zero-order valence-electron chi connectivity index (χ0n) is 16.7. The normalized spacial score (nSPS) is 12.9. The van der Waals surface area contributed by atoms with Crippen molar-refractivity contribution in [3.63, 3.8) is 0 Å². The monoisotopic (exact) mass is 459 g/mol. The van der Waals surface area contributed by atoms with Crippen molar-refractivity contribution < 1.29 is 4.79 Å². The molecule has 0 aliphatic rings. The van der Waals surface area contributed by atoms with Gasteiger partial charge in [0, 0.05) is 33.4 Å². The summed E-state index contributed by atoms with van der Waals surface area (Å²) in [6, 6.07) is 23.2. The van der Waals surface area contributed by atoms with Crippen molar-refractivity contribution in [3.05, 3.63) is 105 Å². The Morgan fingerprint density at radius 1 is 0.767 bits per heavy atom. The van der Waals surface area contributed by atoms with Crippen molar-refractivity contribution >= 4 is 40.7 Å². The molecule has 1 amide bonds. The van der Waals surface area contributed by atoms with E-state index in [1.165, 1.54) is 5.56 Å². The van der Waals surface area contributed by atoms with Crippen LogP contribution in [0.15, 0.2) is 72.8 Å². The Morgan fingerprint density at radius 2 is 1.23 bits per heavy atom. The van der Waals surface area contributed by atoms with Gasteiger partial charge < -0.3 is 5.32 Å². The molecule has 30 heavy (non-hydrogen) atoms. The molecule has 0 fully saturated rings. The van der Waals surface area contributed by atoms with Gasteiger partial charge in [-0.05, 0) is 72.9 Å². The number of carbonyl (C=O) groups excluding carboxylic acids is 1. The van der Waals surface area contributed by atoms with Crippen LogP contribution in [-0.2, 0) is 17.6 Å². The Bertz CT molecular complexity index is 953. The lowest BCUT2D eigenvalue weighted by Gasteiger charge is -2.26. The largest absolute Gasteiger partial charge is 0.353 e. The minimum Gasteiger partial charge on any atom is -0.353 e. The zero-order valence-corrected chi connectivity index (χ0v) is 19.0. The van der Waals surface area contributed by atoms with Gasteiger partial charge in [0.25, 0.3) is 0 Å². The molecule has 3 rings (SSSR count). The first-order chi connectivity index (χ1) is 14.4. The van der Waals surface area contributed by atoms with Crippen LogP contribution in [0.4, 0.5) is 0 Å². The van der Waals surface area contributed by atoms with E-state index in [2.05, 4.69) is 12.2 Å². The molecule has 0 heterocycles. The van der Waals surface area contributed by atoms with E-state index < -0.39 is 0 Å². The molecule has 3 aromatic rings. The van der Waals surface area contributed by atoms with Crippen LogP contribution in [0.25, 0.3) is 0 Å². The average molecular weight is 461 g/mol. The van der Waals surface area contributed by atoms with Gasteiger partial charge in [-0.1, -0.05) is 71.2 Å².